The highest BCUT2D eigenvalue weighted by molar-refractivity contribution is 7.09. The average Bonchev–Trinajstić information content (AvgIpc) is 3.31. The first kappa shape index (κ1) is 23.4. The summed E-state index contributed by atoms with van der Waals surface area (Å²) < 4.78 is 5.41. The summed E-state index contributed by atoms with van der Waals surface area (Å²) in [5, 5.41) is 2.03. The molecule has 0 saturated carbocycles. The monoisotopic (exact) mass is 443 g/mol. The lowest BCUT2D eigenvalue weighted by atomic mass is 10.2. The second-order valence-electron chi connectivity index (χ2n) is 7.83. The molecule has 1 aromatic carbocycles. The first-order chi connectivity index (χ1) is 15.2. The van der Waals surface area contributed by atoms with Gasteiger partial charge >= 0.3 is 0 Å². The topological polar surface area (TPSA) is 53.1 Å². The third-order valence-corrected chi connectivity index (χ3v) is 6.29. The number of hydrogen-bond donors (Lipinski definition) is 0. The number of hydrogen-bond acceptors (Lipinski definition) is 5. The molecule has 1 aliphatic heterocycles. The molecule has 0 atom stereocenters. The molecule has 168 valence electrons. The zero-order valence-corrected chi connectivity index (χ0v) is 19.2. The van der Waals surface area contributed by atoms with Crippen LogP contribution in [0.25, 0.3) is 0 Å². The zero-order valence-electron chi connectivity index (χ0n) is 18.4. The number of amides is 2. The number of thiophene rings is 1. The molecule has 0 bridgehead atoms. The van der Waals surface area contributed by atoms with Gasteiger partial charge in [0.2, 0.25) is 11.8 Å². The molecule has 2 aromatic rings. The lowest BCUT2D eigenvalue weighted by molar-refractivity contribution is -0.141. The smallest absolute Gasteiger partial charge is 0.242 e. The van der Waals surface area contributed by atoms with Gasteiger partial charge in [0.15, 0.2) is 0 Å². The number of morpholine rings is 1. The van der Waals surface area contributed by atoms with Crippen molar-refractivity contribution in [2.24, 2.45) is 0 Å². The SMILES string of the molecule is CCCC(=O)N(CCN1CCOCC1)CC(=O)N(Cc1ccccc1)Cc1cccs1. The Morgan fingerprint density at radius 1 is 1.00 bits per heavy atom. The van der Waals surface area contributed by atoms with Crippen LogP contribution in [0.1, 0.15) is 30.2 Å². The number of rotatable bonds is 11. The summed E-state index contributed by atoms with van der Waals surface area (Å²) in [6.07, 6.45) is 1.25. The molecule has 1 fully saturated rings. The Bertz CT molecular complexity index is 792. The van der Waals surface area contributed by atoms with Crippen LogP contribution in [0.4, 0.5) is 0 Å². The Balaban J connectivity index is 1.67. The Labute approximate surface area is 189 Å². The molecular weight excluding hydrogens is 410 g/mol. The van der Waals surface area contributed by atoms with E-state index in [1.165, 1.54) is 0 Å². The van der Waals surface area contributed by atoms with Gasteiger partial charge in [-0.05, 0) is 23.4 Å². The largest absolute Gasteiger partial charge is 0.379 e. The highest BCUT2D eigenvalue weighted by Crippen LogP contribution is 2.15. The molecule has 7 heteroatoms. The minimum absolute atomic E-state index is 0.0105. The fourth-order valence-corrected chi connectivity index (χ4v) is 4.36. The van der Waals surface area contributed by atoms with Crippen LogP contribution in [0.15, 0.2) is 47.8 Å². The summed E-state index contributed by atoms with van der Waals surface area (Å²) in [6, 6.07) is 14.1. The Kier molecular flexibility index (Phi) is 9.52. The van der Waals surface area contributed by atoms with E-state index in [1.807, 2.05) is 59.7 Å². The fraction of sp³-hybridized carbons (Fsp3) is 0.500. The quantitative estimate of drug-likeness (QED) is 0.535. The molecule has 3 rings (SSSR count). The summed E-state index contributed by atoms with van der Waals surface area (Å²) in [5.41, 5.74) is 1.09. The standard InChI is InChI=1S/C24H33N3O3S/c1-2-7-23(28)26(12-11-25-13-15-30-16-14-25)20-24(29)27(19-22-10-6-17-31-22)18-21-8-4-3-5-9-21/h3-6,8-10,17H,2,7,11-16,18-20H2,1H3. The van der Waals surface area contributed by atoms with Gasteiger partial charge in [0.1, 0.15) is 0 Å². The number of carbonyl (C=O) groups is 2. The molecule has 1 saturated heterocycles. The molecule has 31 heavy (non-hydrogen) atoms. The van der Waals surface area contributed by atoms with Gasteiger partial charge < -0.3 is 14.5 Å². The highest BCUT2D eigenvalue weighted by Gasteiger charge is 2.22. The van der Waals surface area contributed by atoms with Crippen molar-refractivity contribution in [3.05, 3.63) is 58.3 Å². The zero-order chi connectivity index (χ0) is 21.9. The van der Waals surface area contributed by atoms with Gasteiger partial charge in [0, 0.05) is 44.0 Å². The third-order valence-electron chi connectivity index (χ3n) is 5.43. The maximum atomic E-state index is 13.3. The van der Waals surface area contributed by atoms with Gasteiger partial charge in [-0.25, -0.2) is 0 Å². The molecule has 1 aliphatic rings. The van der Waals surface area contributed by atoms with Crippen molar-refractivity contribution in [1.82, 2.24) is 14.7 Å². The molecule has 0 aliphatic carbocycles. The lowest BCUT2D eigenvalue weighted by Crippen LogP contribution is -2.47. The molecule has 0 spiro atoms. The molecule has 0 unspecified atom stereocenters. The van der Waals surface area contributed by atoms with Gasteiger partial charge in [-0.1, -0.05) is 43.3 Å². The minimum Gasteiger partial charge on any atom is -0.379 e. The third kappa shape index (κ3) is 7.76. The fourth-order valence-electron chi connectivity index (χ4n) is 3.64. The predicted molar refractivity (Wildman–Crippen MR) is 124 cm³/mol. The number of nitrogens with zero attached hydrogens (tertiary/aromatic N) is 3. The van der Waals surface area contributed by atoms with Crippen molar-refractivity contribution >= 4 is 23.2 Å². The molecular formula is C24H33N3O3S. The van der Waals surface area contributed by atoms with Crippen LogP contribution >= 0.6 is 11.3 Å². The van der Waals surface area contributed by atoms with Crippen LogP contribution in [0.5, 0.6) is 0 Å². The molecule has 6 nitrogen and oxygen atoms in total. The Hall–Kier alpha value is -2.22. The van der Waals surface area contributed by atoms with E-state index in [-0.39, 0.29) is 18.4 Å². The number of ether oxygens (including phenoxy) is 1. The molecule has 1 aromatic heterocycles. The van der Waals surface area contributed by atoms with Crippen molar-refractivity contribution in [3.8, 4) is 0 Å². The second-order valence-corrected chi connectivity index (χ2v) is 8.87. The van der Waals surface area contributed by atoms with E-state index in [1.54, 1.807) is 16.2 Å². The molecule has 0 radical (unpaired) electrons. The maximum Gasteiger partial charge on any atom is 0.242 e. The van der Waals surface area contributed by atoms with E-state index in [4.69, 9.17) is 4.74 Å². The summed E-state index contributed by atoms with van der Waals surface area (Å²) in [5.74, 6) is 0.0450. The van der Waals surface area contributed by atoms with Gasteiger partial charge in [-0.3, -0.25) is 14.5 Å². The summed E-state index contributed by atoms with van der Waals surface area (Å²) in [6.45, 7) is 7.78. The van der Waals surface area contributed by atoms with Crippen LogP contribution in [-0.4, -0.2) is 72.5 Å². The number of carbonyl (C=O) groups excluding carboxylic acids is 2. The normalized spacial score (nSPS) is 14.4. The van der Waals surface area contributed by atoms with Gasteiger partial charge in [-0.15, -0.1) is 11.3 Å². The van der Waals surface area contributed by atoms with Crippen LogP contribution in [0, 0.1) is 0 Å². The lowest BCUT2D eigenvalue weighted by Gasteiger charge is -2.31. The summed E-state index contributed by atoms with van der Waals surface area (Å²) in [7, 11) is 0. The van der Waals surface area contributed by atoms with Crippen molar-refractivity contribution < 1.29 is 14.3 Å². The Morgan fingerprint density at radius 2 is 1.77 bits per heavy atom. The predicted octanol–water partition coefficient (Wildman–Crippen LogP) is 3.24. The van der Waals surface area contributed by atoms with E-state index in [0.717, 1.165) is 49.7 Å². The molecule has 2 heterocycles. The number of benzene rings is 1. The van der Waals surface area contributed by atoms with E-state index in [9.17, 15) is 9.59 Å². The van der Waals surface area contributed by atoms with E-state index < -0.39 is 0 Å². The van der Waals surface area contributed by atoms with Gasteiger partial charge in [0.25, 0.3) is 0 Å². The minimum atomic E-state index is -0.0105. The van der Waals surface area contributed by atoms with Crippen molar-refractivity contribution in [2.75, 3.05) is 45.9 Å². The van der Waals surface area contributed by atoms with E-state index >= 15 is 0 Å². The van der Waals surface area contributed by atoms with Crippen LogP contribution in [0.3, 0.4) is 0 Å². The average molecular weight is 444 g/mol. The highest BCUT2D eigenvalue weighted by atomic mass is 32.1. The van der Waals surface area contributed by atoms with Crippen LogP contribution < -0.4 is 0 Å². The van der Waals surface area contributed by atoms with Crippen LogP contribution in [-0.2, 0) is 27.4 Å². The summed E-state index contributed by atoms with van der Waals surface area (Å²) >= 11 is 1.65. The molecule has 0 N–H and O–H groups in total. The van der Waals surface area contributed by atoms with Crippen molar-refractivity contribution in [2.45, 2.75) is 32.9 Å². The van der Waals surface area contributed by atoms with Gasteiger partial charge in [-0.2, -0.15) is 0 Å². The van der Waals surface area contributed by atoms with Crippen LogP contribution in [0.2, 0.25) is 0 Å². The maximum absolute atomic E-state index is 13.3. The van der Waals surface area contributed by atoms with E-state index in [2.05, 4.69) is 4.90 Å². The summed E-state index contributed by atoms with van der Waals surface area (Å²) in [4.78, 5) is 33.2. The second kappa shape index (κ2) is 12.6. The van der Waals surface area contributed by atoms with Crippen molar-refractivity contribution in [3.63, 3.8) is 0 Å². The molecule has 2 amide bonds. The Morgan fingerprint density at radius 3 is 2.45 bits per heavy atom. The van der Waals surface area contributed by atoms with Crippen molar-refractivity contribution in [1.29, 1.82) is 0 Å². The first-order valence-corrected chi connectivity index (χ1v) is 12.0. The first-order valence-electron chi connectivity index (χ1n) is 11.1. The van der Waals surface area contributed by atoms with Gasteiger partial charge in [0.05, 0.1) is 26.3 Å². The van der Waals surface area contributed by atoms with E-state index in [0.29, 0.717) is 26.1 Å².